The third-order valence-corrected chi connectivity index (χ3v) is 8.68. The predicted octanol–water partition coefficient (Wildman–Crippen LogP) is 4.03. The van der Waals surface area contributed by atoms with Crippen LogP contribution in [0.2, 0.25) is 0 Å². The van der Waals surface area contributed by atoms with Gasteiger partial charge in [-0.1, -0.05) is 0 Å². The summed E-state index contributed by atoms with van der Waals surface area (Å²) in [5.74, 6) is -6.34. The molecule has 5 rings (SSSR count). The van der Waals surface area contributed by atoms with Crippen LogP contribution in [0.1, 0.15) is 73.4 Å². The molecule has 1 aliphatic carbocycles. The number of aryl methyl sites for hydroxylation is 1. The van der Waals surface area contributed by atoms with Crippen LogP contribution >= 0.6 is 0 Å². The second-order valence-electron chi connectivity index (χ2n) is 11.8. The van der Waals surface area contributed by atoms with Crippen LogP contribution in [0, 0.1) is 17.3 Å². The standard InChI is InChI=1S/C29H34F5N7O4/c1-3-40-21(8-11-36-40)24(42)38-23(18-6-9-28(30,31)10-7-18)20-16-41-22(37-20)5-4-19(39-41)14-27(26(44)45-2)12-17(13-29(32,33)34)15-35-25(27)43/h4-5,8,11,16-18,23H,3,6-7,9-10,12-15H2,1-2H3,(H,35,43)(H,38,42)/t17?,23-,27?/m0/s1. The number of carbonyl (C=O) groups is 3. The van der Waals surface area contributed by atoms with E-state index in [9.17, 15) is 36.3 Å². The second-order valence-corrected chi connectivity index (χ2v) is 11.8. The lowest BCUT2D eigenvalue weighted by Gasteiger charge is -2.37. The predicted molar refractivity (Wildman–Crippen MR) is 148 cm³/mol. The Hall–Kier alpha value is -4.11. The van der Waals surface area contributed by atoms with Gasteiger partial charge < -0.3 is 15.4 Å². The number of amides is 2. The topological polar surface area (TPSA) is 133 Å². The lowest BCUT2D eigenvalue weighted by Crippen LogP contribution is -2.56. The van der Waals surface area contributed by atoms with Crippen molar-refractivity contribution in [1.29, 1.82) is 0 Å². The number of esters is 1. The maximum atomic E-state index is 14.0. The Morgan fingerprint density at radius 3 is 2.60 bits per heavy atom. The second kappa shape index (κ2) is 12.4. The molecule has 1 saturated heterocycles. The number of fused-ring (bicyclic) bond motifs is 1. The summed E-state index contributed by atoms with van der Waals surface area (Å²) >= 11 is 0. The number of nitrogens with one attached hydrogen (secondary N) is 2. The number of alkyl halides is 5. The molecule has 0 bridgehead atoms. The molecule has 3 aromatic heterocycles. The number of methoxy groups -OCH3 is 1. The fraction of sp³-hybridized carbons (Fsp3) is 0.586. The highest BCUT2D eigenvalue weighted by Gasteiger charge is 2.53. The minimum Gasteiger partial charge on any atom is -0.468 e. The summed E-state index contributed by atoms with van der Waals surface area (Å²) in [5, 5.41) is 14.0. The molecule has 16 heteroatoms. The molecule has 3 aromatic rings. The zero-order valence-corrected chi connectivity index (χ0v) is 24.7. The van der Waals surface area contributed by atoms with E-state index in [0.29, 0.717) is 23.6 Å². The van der Waals surface area contributed by atoms with E-state index in [4.69, 9.17) is 4.74 Å². The highest BCUT2D eigenvalue weighted by Crippen LogP contribution is 2.42. The normalized spacial score (nSPS) is 23.0. The molecule has 2 aliphatic rings. The van der Waals surface area contributed by atoms with Crippen LogP contribution in [0.5, 0.6) is 0 Å². The number of imidazole rings is 1. The molecule has 3 atom stereocenters. The molecule has 45 heavy (non-hydrogen) atoms. The maximum absolute atomic E-state index is 14.0. The van der Waals surface area contributed by atoms with Crippen molar-refractivity contribution in [3.05, 3.63) is 47.7 Å². The highest BCUT2D eigenvalue weighted by atomic mass is 19.4. The lowest BCUT2D eigenvalue weighted by atomic mass is 9.71. The molecular weight excluding hydrogens is 605 g/mol. The van der Waals surface area contributed by atoms with Gasteiger partial charge in [-0.3, -0.25) is 19.1 Å². The van der Waals surface area contributed by atoms with Crippen LogP contribution in [0.25, 0.3) is 5.65 Å². The van der Waals surface area contributed by atoms with Gasteiger partial charge in [-0.2, -0.15) is 23.4 Å². The zero-order chi connectivity index (χ0) is 32.6. The quantitative estimate of drug-likeness (QED) is 0.205. The average Bonchev–Trinajstić information content (AvgIpc) is 3.63. The number of nitrogens with zero attached hydrogens (tertiary/aromatic N) is 5. The van der Waals surface area contributed by atoms with E-state index in [1.54, 1.807) is 12.1 Å². The molecule has 0 radical (unpaired) electrons. The molecule has 1 aliphatic heterocycles. The number of hydrogen-bond acceptors (Lipinski definition) is 7. The Labute approximate surface area is 254 Å². The van der Waals surface area contributed by atoms with E-state index in [2.05, 4.69) is 25.8 Å². The van der Waals surface area contributed by atoms with Gasteiger partial charge in [-0.25, -0.2) is 18.3 Å². The minimum atomic E-state index is -4.49. The fourth-order valence-electron chi connectivity index (χ4n) is 6.45. The molecule has 2 fully saturated rings. The molecule has 4 heterocycles. The van der Waals surface area contributed by atoms with E-state index >= 15 is 0 Å². The Bertz CT molecular complexity index is 1550. The number of aromatic nitrogens is 5. The van der Waals surface area contributed by atoms with E-state index in [1.165, 1.54) is 27.7 Å². The number of ether oxygens (including phenoxy) is 1. The van der Waals surface area contributed by atoms with Gasteiger partial charge >= 0.3 is 12.1 Å². The average molecular weight is 640 g/mol. The van der Waals surface area contributed by atoms with Crippen molar-refractivity contribution in [2.45, 2.75) is 76.6 Å². The summed E-state index contributed by atoms with van der Waals surface area (Å²) < 4.78 is 75.4. The van der Waals surface area contributed by atoms with E-state index in [1.807, 2.05) is 6.92 Å². The molecular formula is C29H34F5N7O4. The summed E-state index contributed by atoms with van der Waals surface area (Å²) in [5.41, 5.74) is -0.712. The van der Waals surface area contributed by atoms with Crippen molar-refractivity contribution in [3.8, 4) is 0 Å². The van der Waals surface area contributed by atoms with Gasteiger partial charge in [0.25, 0.3) is 5.91 Å². The van der Waals surface area contributed by atoms with E-state index < -0.39 is 53.7 Å². The van der Waals surface area contributed by atoms with Gasteiger partial charge in [0.1, 0.15) is 5.69 Å². The van der Waals surface area contributed by atoms with E-state index in [0.717, 1.165) is 7.11 Å². The Morgan fingerprint density at radius 1 is 1.20 bits per heavy atom. The molecule has 2 N–H and O–H groups in total. The number of rotatable bonds is 9. The SMILES string of the molecule is CCn1nccc1C(=O)N[C@H](c1cn2nc(CC3(C(=O)OC)CC(CC(F)(F)F)CNC3=O)ccc2n1)C1CCC(F)(F)CC1. The Kier molecular flexibility index (Phi) is 8.86. The van der Waals surface area contributed by atoms with E-state index in [-0.39, 0.29) is 56.7 Å². The van der Waals surface area contributed by atoms with Crippen molar-refractivity contribution in [2.75, 3.05) is 13.7 Å². The monoisotopic (exact) mass is 639 g/mol. The van der Waals surface area contributed by atoms with Crippen molar-refractivity contribution in [2.24, 2.45) is 17.3 Å². The van der Waals surface area contributed by atoms with Crippen LogP contribution in [-0.4, -0.2) is 67.9 Å². The summed E-state index contributed by atoms with van der Waals surface area (Å²) in [6, 6.07) is 3.88. The summed E-state index contributed by atoms with van der Waals surface area (Å²) in [7, 11) is 1.06. The highest BCUT2D eigenvalue weighted by molar-refractivity contribution is 6.03. The van der Waals surface area contributed by atoms with Crippen molar-refractivity contribution >= 4 is 23.4 Å². The molecule has 0 aromatic carbocycles. The largest absolute Gasteiger partial charge is 0.468 e. The summed E-state index contributed by atoms with van der Waals surface area (Å²) in [6.45, 7) is 2.04. The van der Waals surface area contributed by atoms with Crippen molar-refractivity contribution < 1.29 is 41.1 Å². The number of carbonyl (C=O) groups excluding carboxylic acids is 3. The molecule has 2 unspecified atom stereocenters. The first-order chi connectivity index (χ1) is 21.2. The number of halogens is 5. The summed E-state index contributed by atoms with van der Waals surface area (Å²) in [4.78, 5) is 43.8. The van der Waals surface area contributed by atoms with Crippen molar-refractivity contribution in [1.82, 2.24) is 35.0 Å². The minimum absolute atomic E-state index is 0.146. The zero-order valence-electron chi connectivity index (χ0n) is 24.7. The Morgan fingerprint density at radius 2 is 1.93 bits per heavy atom. The van der Waals surface area contributed by atoms with Gasteiger partial charge in [-0.05, 0) is 56.2 Å². The van der Waals surface area contributed by atoms with Gasteiger partial charge in [0.2, 0.25) is 11.8 Å². The molecule has 2 amide bonds. The van der Waals surface area contributed by atoms with Gasteiger partial charge in [0.15, 0.2) is 11.1 Å². The summed E-state index contributed by atoms with van der Waals surface area (Å²) in [6.07, 6.45) is -3.73. The lowest BCUT2D eigenvalue weighted by molar-refractivity contribution is -0.169. The molecule has 244 valence electrons. The van der Waals surface area contributed by atoms with Crippen LogP contribution in [0.15, 0.2) is 30.6 Å². The van der Waals surface area contributed by atoms with Crippen molar-refractivity contribution in [3.63, 3.8) is 0 Å². The third-order valence-electron chi connectivity index (χ3n) is 8.68. The van der Waals surface area contributed by atoms with Gasteiger partial charge in [-0.15, -0.1) is 0 Å². The van der Waals surface area contributed by atoms with Crippen LogP contribution in [0.4, 0.5) is 22.0 Å². The van der Waals surface area contributed by atoms with Crippen LogP contribution in [-0.2, 0) is 27.3 Å². The first kappa shape index (κ1) is 32.3. The molecule has 11 nitrogen and oxygen atoms in total. The molecule has 1 saturated carbocycles. The number of piperidine rings is 1. The third kappa shape index (κ3) is 6.93. The van der Waals surface area contributed by atoms with Gasteiger partial charge in [0, 0.05) is 45.0 Å². The first-order valence-corrected chi connectivity index (χ1v) is 14.7. The molecule has 0 spiro atoms. The Balaban J connectivity index is 1.45. The fourth-order valence-corrected chi connectivity index (χ4v) is 6.45. The first-order valence-electron chi connectivity index (χ1n) is 14.7. The smallest absolute Gasteiger partial charge is 0.389 e. The van der Waals surface area contributed by atoms with Crippen LogP contribution < -0.4 is 10.6 Å². The maximum Gasteiger partial charge on any atom is 0.389 e. The number of hydrogen-bond donors (Lipinski definition) is 2. The van der Waals surface area contributed by atoms with Crippen LogP contribution in [0.3, 0.4) is 0 Å². The van der Waals surface area contributed by atoms with Gasteiger partial charge in [0.05, 0.1) is 30.7 Å².